The Kier molecular flexibility index (Phi) is 8.18. The number of rotatable bonds is 9. The molecule has 2 aliphatic carbocycles. The van der Waals surface area contributed by atoms with E-state index in [1.807, 2.05) is 42.5 Å². The van der Waals surface area contributed by atoms with Crippen molar-refractivity contribution in [3.63, 3.8) is 0 Å². The van der Waals surface area contributed by atoms with E-state index in [9.17, 15) is 9.90 Å². The number of aromatic nitrogens is 3. The Morgan fingerprint density at radius 1 is 1.30 bits per heavy atom. The van der Waals surface area contributed by atoms with E-state index < -0.39 is 5.54 Å². The lowest BCUT2D eigenvalue weighted by Crippen LogP contribution is -2.42. The molecule has 10 heteroatoms. The summed E-state index contributed by atoms with van der Waals surface area (Å²) in [6.07, 6.45) is 8.51. The van der Waals surface area contributed by atoms with Crippen LogP contribution in [-0.2, 0) is 15.1 Å². The third-order valence-electron chi connectivity index (χ3n) is 7.40. The normalized spacial score (nSPS) is 22.1. The molecule has 0 aromatic carbocycles. The van der Waals surface area contributed by atoms with Gasteiger partial charge in [-0.05, 0) is 79.0 Å². The summed E-state index contributed by atoms with van der Waals surface area (Å²) in [5.41, 5.74) is 6.87. The number of aliphatic hydroxyl groups excluding tert-OH is 1. The fraction of sp³-hybridized carbons (Fsp3) is 0.630. The van der Waals surface area contributed by atoms with Crippen LogP contribution in [0.15, 0.2) is 28.4 Å². The molecule has 37 heavy (non-hydrogen) atoms. The average molecular weight is 512 g/mol. The van der Waals surface area contributed by atoms with E-state index in [0.29, 0.717) is 12.6 Å². The zero-order chi connectivity index (χ0) is 26.7. The van der Waals surface area contributed by atoms with Crippen LogP contribution in [0.2, 0.25) is 0 Å². The third kappa shape index (κ3) is 5.80. The van der Waals surface area contributed by atoms with Crippen molar-refractivity contribution in [1.82, 2.24) is 19.8 Å². The predicted octanol–water partition coefficient (Wildman–Crippen LogP) is 3.33. The molecule has 3 N–H and O–H groups in total. The van der Waals surface area contributed by atoms with E-state index in [0.717, 1.165) is 61.0 Å². The number of nitrogens with zero attached hydrogens (tertiary/aromatic N) is 5. The van der Waals surface area contributed by atoms with Crippen LogP contribution in [0.1, 0.15) is 76.6 Å². The van der Waals surface area contributed by atoms with E-state index in [1.165, 1.54) is 0 Å². The lowest BCUT2D eigenvalue weighted by Gasteiger charge is -2.27. The highest BCUT2D eigenvalue weighted by molar-refractivity contribution is 5.91. The van der Waals surface area contributed by atoms with Crippen LogP contribution >= 0.6 is 0 Å². The molecule has 1 atom stereocenters. The van der Waals surface area contributed by atoms with Crippen molar-refractivity contribution in [1.29, 1.82) is 0 Å². The summed E-state index contributed by atoms with van der Waals surface area (Å²) < 4.78 is 9.09. The monoisotopic (exact) mass is 511 g/mol. The fourth-order valence-electron chi connectivity index (χ4n) is 5.21. The van der Waals surface area contributed by atoms with Gasteiger partial charge in [-0.25, -0.2) is 9.98 Å². The molecule has 0 bridgehead atoms. The molecule has 10 nitrogen and oxygen atoms in total. The van der Waals surface area contributed by atoms with Crippen molar-refractivity contribution < 1.29 is 14.6 Å². The molecular weight excluding hydrogens is 470 g/mol. The Hall–Kier alpha value is -2.98. The number of aliphatic hydroxyl groups is 1. The van der Waals surface area contributed by atoms with Gasteiger partial charge in [-0.3, -0.25) is 19.6 Å². The van der Waals surface area contributed by atoms with Gasteiger partial charge < -0.3 is 15.2 Å². The topological polar surface area (TPSA) is 118 Å². The standard InChI is InChI=1S/C27H41N7O3/c1-17(2)30-25(36)27(11-12-27)33-15-21(14-29-33)23-13-24(20-7-9-22(35)10-8-20)34(19(23)4)32-26(28-5)31-18(3)16-37-6/h13-15,17-18,20,22,35H,5,7-12,16H2,1-4,6H3,(H,30,36)(H,31,32)/t18-,20?,22?/m0/s1. The van der Waals surface area contributed by atoms with Crippen LogP contribution in [0.25, 0.3) is 11.1 Å². The Balaban J connectivity index is 1.68. The van der Waals surface area contributed by atoms with Crippen LogP contribution < -0.4 is 10.7 Å². The largest absolute Gasteiger partial charge is 0.393 e. The van der Waals surface area contributed by atoms with Crippen LogP contribution in [0.3, 0.4) is 0 Å². The SMILES string of the molecule is C=NC(=N[C@@H](C)COC)Nn1c(C2CCC(O)CC2)cc(-c2cnn(C3(C(=O)NC(C)C)CC3)c2)c1C. The second-order valence-electron chi connectivity index (χ2n) is 10.8. The molecule has 4 rings (SSSR count). The molecule has 0 radical (unpaired) electrons. The summed E-state index contributed by atoms with van der Waals surface area (Å²) >= 11 is 0. The smallest absolute Gasteiger partial charge is 0.248 e. The van der Waals surface area contributed by atoms with E-state index in [1.54, 1.807) is 7.11 Å². The summed E-state index contributed by atoms with van der Waals surface area (Å²) in [5, 5.41) is 17.7. The Morgan fingerprint density at radius 2 is 2.00 bits per heavy atom. The second kappa shape index (κ2) is 11.2. The van der Waals surface area contributed by atoms with Gasteiger partial charge >= 0.3 is 0 Å². The Morgan fingerprint density at radius 3 is 2.59 bits per heavy atom. The minimum Gasteiger partial charge on any atom is -0.393 e. The first kappa shape index (κ1) is 27.1. The molecule has 0 aliphatic heterocycles. The molecular formula is C27H41N7O3. The summed E-state index contributed by atoms with van der Waals surface area (Å²) in [6, 6.07) is 2.20. The van der Waals surface area contributed by atoms with Crippen LogP contribution in [0, 0.1) is 6.92 Å². The molecule has 1 amide bonds. The van der Waals surface area contributed by atoms with Crippen molar-refractivity contribution in [2.24, 2.45) is 9.98 Å². The Bertz CT molecular complexity index is 1140. The van der Waals surface area contributed by atoms with E-state index >= 15 is 0 Å². The van der Waals surface area contributed by atoms with Gasteiger partial charge in [0.1, 0.15) is 5.54 Å². The van der Waals surface area contributed by atoms with Gasteiger partial charge in [0.25, 0.3) is 0 Å². The van der Waals surface area contributed by atoms with Gasteiger partial charge in [-0.15, -0.1) is 0 Å². The first-order chi connectivity index (χ1) is 17.7. The van der Waals surface area contributed by atoms with Crippen LogP contribution in [0.5, 0.6) is 0 Å². The maximum Gasteiger partial charge on any atom is 0.248 e. The maximum absolute atomic E-state index is 12.9. The number of hydrogen-bond donors (Lipinski definition) is 3. The molecule has 0 unspecified atom stereocenters. The number of guanidine groups is 1. The second-order valence-corrected chi connectivity index (χ2v) is 10.8. The fourth-order valence-corrected chi connectivity index (χ4v) is 5.21. The average Bonchev–Trinajstić information content (AvgIpc) is 3.42. The molecule has 2 heterocycles. The van der Waals surface area contributed by atoms with Crippen molar-refractivity contribution in [3.8, 4) is 11.1 Å². The molecule has 2 aromatic heterocycles. The zero-order valence-corrected chi connectivity index (χ0v) is 22.7. The lowest BCUT2D eigenvalue weighted by molar-refractivity contribution is -0.126. The highest BCUT2D eigenvalue weighted by Crippen LogP contribution is 2.44. The van der Waals surface area contributed by atoms with Crippen molar-refractivity contribution in [2.45, 2.75) is 95.9 Å². The van der Waals surface area contributed by atoms with E-state index in [4.69, 9.17) is 4.74 Å². The molecule has 2 fully saturated rings. The van der Waals surface area contributed by atoms with E-state index in [-0.39, 0.29) is 30.0 Å². The van der Waals surface area contributed by atoms with Gasteiger partial charge in [-0.1, -0.05) is 0 Å². The first-order valence-electron chi connectivity index (χ1n) is 13.3. The van der Waals surface area contributed by atoms with Crippen molar-refractivity contribution >= 4 is 18.6 Å². The van der Waals surface area contributed by atoms with Gasteiger partial charge in [0.2, 0.25) is 11.9 Å². The molecule has 0 spiro atoms. The summed E-state index contributed by atoms with van der Waals surface area (Å²) in [5.74, 6) is 0.731. The summed E-state index contributed by atoms with van der Waals surface area (Å²) in [4.78, 5) is 21.6. The zero-order valence-electron chi connectivity index (χ0n) is 22.7. The number of hydrogen-bond acceptors (Lipinski definition) is 5. The Labute approximate surface area is 219 Å². The number of aliphatic imine (C=N–C) groups is 2. The number of carbonyl (C=O) groups excluding carboxylic acids is 1. The molecule has 0 saturated heterocycles. The van der Waals surface area contributed by atoms with Crippen LogP contribution in [0.4, 0.5) is 0 Å². The summed E-state index contributed by atoms with van der Waals surface area (Å²) in [7, 11) is 1.65. The predicted molar refractivity (Wildman–Crippen MR) is 146 cm³/mol. The first-order valence-corrected chi connectivity index (χ1v) is 13.3. The van der Waals surface area contributed by atoms with Gasteiger partial charge in [0.15, 0.2) is 0 Å². The maximum atomic E-state index is 12.9. The minimum absolute atomic E-state index is 0.0256. The number of methoxy groups -OCH3 is 1. The number of carbonyl (C=O) groups is 1. The number of nitrogens with one attached hydrogen (secondary N) is 2. The summed E-state index contributed by atoms with van der Waals surface area (Å²) in [6.45, 7) is 12.2. The number of ether oxygens (including phenoxy) is 1. The highest BCUT2D eigenvalue weighted by atomic mass is 16.5. The molecule has 2 aromatic rings. The lowest BCUT2D eigenvalue weighted by atomic mass is 9.85. The van der Waals surface area contributed by atoms with Crippen molar-refractivity contribution in [3.05, 3.63) is 29.8 Å². The van der Waals surface area contributed by atoms with Crippen LogP contribution in [-0.4, -0.2) is 70.1 Å². The van der Waals surface area contributed by atoms with Gasteiger partial charge in [-0.2, -0.15) is 5.10 Å². The van der Waals surface area contributed by atoms with Gasteiger partial charge in [0, 0.05) is 47.8 Å². The molecule has 202 valence electrons. The van der Waals surface area contributed by atoms with E-state index in [2.05, 4.69) is 45.5 Å². The number of amides is 1. The highest BCUT2D eigenvalue weighted by Gasteiger charge is 2.52. The van der Waals surface area contributed by atoms with Gasteiger partial charge in [0.05, 0.1) is 24.9 Å². The molecule has 2 saturated carbocycles. The third-order valence-corrected chi connectivity index (χ3v) is 7.40. The van der Waals surface area contributed by atoms with Crippen molar-refractivity contribution in [2.75, 3.05) is 19.1 Å². The quantitative estimate of drug-likeness (QED) is 0.353. The molecule has 2 aliphatic rings. The minimum atomic E-state index is -0.594.